The van der Waals surface area contributed by atoms with Gasteiger partial charge in [0.2, 0.25) is 0 Å². The summed E-state index contributed by atoms with van der Waals surface area (Å²) < 4.78 is 23.3. The van der Waals surface area contributed by atoms with E-state index in [0.717, 1.165) is 11.1 Å². The second-order valence-corrected chi connectivity index (χ2v) is 6.94. The van der Waals surface area contributed by atoms with E-state index < -0.39 is 24.1 Å². The first-order valence-electron chi connectivity index (χ1n) is 11.7. The molecule has 5 nitrogen and oxygen atoms in total. The molecule has 0 saturated carbocycles. The van der Waals surface area contributed by atoms with Crippen LogP contribution < -0.4 is 0 Å². The predicted molar refractivity (Wildman–Crippen MR) is 148 cm³/mol. The topological polar surface area (TPSA) is 57.2 Å². The smallest absolute Gasteiger partial charge is 0.189 e. The highest BCUT2D eigenvalue weighted by atomic mass is 32.7. The van der Waals surface area contributed by atoms with Crippen molar-refractivity contribution in [3.05, 3.63) is 84.4 Å². The van der Waals surface area contributed by atoms with Crippen LogP contribution in [0.25, 0.3) is 0 Å². The van der Waals surface area contributed by atoms with Crippen molar-refractivity contribution < 1.29 is 24.1 Å². The lowest BCUT2D eigenvalue weighted by Gasteiger charge is -2.32. The molecule has 1 aliphatic heterocycles. The summed E-state index contributed by atoms with van der Waals surface area (Å²) in [4.78, 5) is 0. The molecule has 0 aromatic heterocycles. The van der Waals surface area contributed by atoms with Crippen molar-refractivity contribution in [2.75, 3.05) is 13.7 Å². The molecule has 5 atom stereocenters. The van der Waals surface area contributed by atoms with Crippen LogP contribution >= 0.6 is 20.7 Å². The van der Waals surface area contributed by atoms with E-state index in [-0.39, 0.29) is 6.61 Å². The fourth-order valence-corrected chi connectivity index (χ4v) is 3.51. The van der Waals surface area contributed by atoms with E-state index >= 15 is 0 Å². The molecule has 1 heterocycles. The van der Waals surface area contributed by atoms with Crippen LogP contribution in [0.4, 0.5) is 0 Å². The largest absolute Gasteiger partial charge is 0.381 e. The van der Waals surface area contributed by atoms with Crippen molar-refractivity contribution in [2.24, 2.45) is 0 Å². The van der Waals surface area contributed by atoms with E-state index in [4.69, 9.17) is 18.9 Å². The third-order valence-electron chi connectivity index (χ3n) is 4.89. The van der Waals surface area contributed by atoms with Crippen LogP contribution in [0.15, 0.2) is 73.3 Å². The molecule has 2 aromatic rings. The summed E-state index contributed by atoms with van der Waals surface area (Å²) in [5, 5.41) is 11.3. The standard InChI is InChI=1S/C23H28O5.2C2H6.H3PS/c1-3-14-23(24)21(27-16-19-12-8-5-9-13-19)20(28-22(23)25-2)17-26-15-18-10-6-4-7-11-18;3*1-2/h3-13,20-22,24H,1,14-17H2,2H3;2*1-2H3;2H,1H2/t20?,21-,22+,23-;;;/m1.../s1. The predicted octanol–water partition coefficient (Wildman–Crippen LogP) is 6.23. The molecule has 2 unspecified atom stereocenters. The van der Waals surface area contributed by atoms with Crippen LogP contribution in [0.5, 0.6) is 0 Å². The summed E-state index contributed by atoms with van der Waals surface area (Å²) >= 11 is 3.44. The number of ether oxygens (including phenoxy) is 4. The molecule has 34 heavy (non-hydrogen) atoms. The van der Waals surface area contributed by atoms with E-state index in [9.17, 15) is 5.11 Å². The third kappa shape index (κ3) is 10.2. The molecule has 7 heteroatoms. The second kappa shape index (κ2) is 20.0. The summed E-state index contributed by atoms with van der Waals surface area (Å²) in [7, 11) is 3.63. The van der Waals surface area contributed by atoms with E-state index in [1.54, 1.807) is 6.08 Å². The van der Waals surface area contributed by atoms with Gasteiger partial charge in [0.15, 0.2) is 6.29 Å². The van der Waals surface area contributed by atoms with Crippen LogP contribution in [0, 0.1) is 0 Å². The number of hydrogen-bond donors (Lipinski definition) is 2. The highest BCUT2D eigenvalue weighted by molar-refractivity contribution is 8.31. The van der Waals surface area contributed by atoms with E-state index in [2.05, 4.69) is 27.3 Å². The number of hydrogen-bond acceptors (Lipinski definition) is 6. The summed E-state index contributed by atoms with van der Waals surface area (Å²) in [5.41, 5.74) is 0.770. The van der Waals surface area contributed by atoms with Gasteiger partial charge in [-0.2, -0.15) is 12.2 Å². The van der Waals surface area contributed by atoms with Crippen molar-refractivity contribution in [1.29, 1.82) is 0 Å². The van der Waals surface area contributed by atoms with Crippen LogP contribution in [-0.4, -0.2) is 42.9 Å². The average Bonchev–Trinajstić information content (AvgIpc) is 3.18. The number of thiol groups is 1. The Morgan fingerprint density at radius 2 is 1.47 bits per heavy atom. The lowest BCUT2D eigenvalue weighted by molar-refractivity contribution is -0.196. The van der Waals surface area contributed by atoms with Crippen molar-refractivity contribution >= 4 is 20.7 Å². The minimum atomic E-state index is -1.33. The lowest BCUT2D eigenvalue weighted by atomic mass is 9.91. The normalized spacial score (nSPS) is 22.8. The number of methoxy groups -OCH3 is 1. The van der Waals surface area contributed by atoms with Gasteiger partial charge in [-0.05, 0) is 11.1 Å². The zero-order valence-electron chi connectivity index (χ0n) is 21.2. The van der Waals surface area contributed by atoms with Gasteiger partial charge in [-0.15, -0.1) is 6.58 Å². The fraction of sp³-hybridized carbons (Fsp3) is 0.481. The Morgan fingerprint density at radius 1 is 0.971 bits per heavy atom. The van der Waals surface area contributed by atoms with Gasteiger partial charge in [0.05, 0.1) is 19.8 Å². The summed E-state index contributed by atoms with van der Waals surface area (Å²) in [6.45, 7) is 12.9. The molecular formula is C27H43O5PS. The fourth-order valence-electron chi connectivity index (χ4n) is 3.51. The van der Waals surface area contributed by atoms with Crippen LogP contribution in [0.1, 0.15) is 45.2 Å². The minimum Gasteiger partial charge on any atom is -0.381 e. The quantitative estimate of drug-likeness (QED) is 0.226. The van der Waals surface area contributed by atoms with Crippen LogP contribution in [0.3, 0.4) is 0 Å². The molecule has 0 radical (unpaired) electrons. The molecular weight excluding hydrogens is 467 g/mol. The molecule has 0 aliphatic carbocycles. The van der Waals surface area contributed by atoms with E-state index in [0.29, 0.717) is 19.6 Å². The Balaban J connectivity index is 0.00000168. The summed E-state index contributed by atoms with van der Waals surface area (Å²) in [6.07, 6.45) is 0.0760. The molecule has 1 saturated heterocycles. The first-order chi connectivity index (χ1) is 16.7. The number of benzene rings is 2. The van der Waals surface area contributed by atoms with Gasteiger partial charge in [0.25, 0.3) is 0 Å². The van der Waals surface area contributed by atoms with Crippen molar-refractivity contribution in [3.8, 4) is 0 Å². The van der Waals surface area contributed by atoms with Crippen molar-refractivity contribution in [2.45, 2.75) is 71.4 Å². The molecule has 1 N–H and O–H groups in total. The van der Waals surface area contributed by atoms with Crippen molar-refractivity contribution in [1.82, 2.24) is 0 Å². The Hall–Kier alpha value is -1.24. The monoisotopic (exact) mass is 510 g/mol. The molecule has 1 aliphatic rings. The second-order valence-electron chi connectivity index (χ2n) is 6.94. The zero-order chi connectivity index (χ0) is 25.8. The number of aliphatic hydroxyl groups is 1. The maximum Gasteiger partial charge on any atom is 0.189 e. The minimum absolute atomic E-state index is 0.285. The van der Waals surface area contributed by atoms with Gasteiger partial charge in [0, 0.05) is 13.5 Å². The molecule has 0 amide bonds. The highest BCUT2D eigenvalue weighted by Crippen LogP contribution is 2.37. The molecule has 192 valence electrons. The van der Waals surface area contributed by atoms with Gasteiger partial charge < -0.3 is 24.1 Å². The first kappa shape index (κ1) is 32.8. The number of rotatable bonds is 10. The Labute approximate surface area is 214 Å². The van der Waals surface area contributed by atoms with Crippen molar-refractivity contribution in [3.63, 3.8) is 0 Å². The van der Waals surface area contributed by atoms with Crippen LogP contribution in [0.2, 0.25) is 0 Å². The Morgan fingerprint density at radius 3 is 1.94 bits per heavy atom. The average molecular weight is 511 g/mol. The molecule has 1 fully saturated rings. The van der Waals surface area contributed by atoms with Crippen LogP contribution in [-0.2, 0) is 32.2 Å². The lowest BCUT2D eigenvalue weighted by Crippen LogP contribution is -2.50. The van der Waals surface area contributed by atoms with Gasteiger partial charge in [-0.3, -0.25) is 0 Å². The highest BCUT2D eigenvalue weighted by Gasteiger charge is 2.56. The van der Waals surface area contributed by atoms with E-state index in [1.807, 2.05) is 88.4 Å². The van der Waals surface area contributed by atoms with E-state index in [1.165, 1.54) is 7.11 Å². The molecule has 0 spiro atoms. The first-order valence-corrected chi connectivity index (χ1v) is 13.8. The van der Waals surface area contributed by atoms with Gasteiger partial charge >= 0.3 is 0 Å². The van der Waals surface area contributed by atoms with Gasteiger partial charge in [-0.25, -0.2) is 0 Å². The molecule has 3 rings (SSSR count). The zero-order valence-corrected chi connectivity index (χ0v) is 23.3. The molecule has 0 bridgehead atoms. The third-order valence-corrected chi connectivity index (χ3v) is 4.89. The van der Waals surface area contributed by atoms with Gasteiger partial charge in [-0.1, -0.05) is 103 Å². The Bertz CT molecular complexity index is 734. The molecule has 2 aromatic carbocycles. The Kier molecular flexibility index (Phi) is 19.3. The maximum absolute atomic E-state index is 11.3. The summed E-state index contributed by atoms with van der Waals surface area (Å²) in [5.74, 6) is 0. The SMILES string of the molecule is C=CC[C@]1(O)[C@@H](OC)OC(COCc2ccccc2)[C@H]1OCc1ccccc1.CC.CC.PS. The summed E-state index contributed by atoms with van der Waals surface area (Å²) in [6, 6.07) is 19.8. The van der Waals surface area contributed by atoms with Gasteiger partial charge in [0.1, 0.15) is 17.8 Å². The maximum atomic E-state index is 11.3.